The van der Waals surface area contributed by atoms with Gasteiger partial charge in [0.25, 0.3) is 0 Å². The lowest BCUT2D eigenvalue weighted by atomic mass is 9.90. The van der Waals surface area contributed by atoms with E-state index in [1.54, 1.807) is 0 Å². The van der Waals surface area contributed by atoms with Crippen molar-refractivity contribution in [3.8, 4) is 0 Å². The molecule has 4 amide bonds. The fourth-order valence-electron chi connectivity index (χ4n) is 4.20. The largest absolute Gasteiger partial charge is 0.416 e. The summed E-state index contributed by atoms with van der Waals surface area (Å²) in [6.07, 6.45) is -19.4. The molecule has 6 nitrogen and oxygen atoms in total. The SMILES string of the molecule is O=C(Nc1cc(C(F)(F)F)cc(C(F)(F)F)c1)NC1CCCCC1NC(=O)Nc1cc(C(F)(F)F)cc(C(F)(F)F)c1. The van der Waals surface area contributed by atoms with Crippen LogP contribution < -0.4 is 21.3 Å². The topological polar surface area (TPSA) is 82.3 Å². The molecule has 0 spiro atoms. The summed E-state index contributed by atoms with van der Waals surface area (Å²) in [6, 6.07) is -3.51. The number of carbonyl (C=O) groups is 2. The Balaban J connectivity index is 1.73. The molecule has 1 aliphatic rings. The molecule has 18 heteroatoms. The van der Waals surface area contributed by atoms with Crippen molar-refractivity contribution in [2.24, 2.45) is 0 Å². The Morgan fingerprint density at radius 3 is 1.00 bits per heavy atom. The second-order valence-corrected chi connectivity index (χ2v) is 9.28. The number of carbonyl (C=O) groups excluding carboxylic acids is 2. The van der Waals surface area contributed by atoms with Gasteiger partial charge in [0.2, 0.25) is 0 Å². The van der Waals surface area contributed by atoms with Gasteiger partial charge in [-0.3, -0.25) is 0 Å². The number of benzene rings is 2. The van der Waals surface area contributed by atoms with Gasteiger partial charge < -0.3 is 21.3 Å². The quantitative estimate of drug-likeness (QED) is 0.260. The zero-order chi connectivity index (χ0) is 31.7. The van der Waals surface area contributed by atoms with Crippen molar-refractivity contribution < 1.29 is 62.3 Å². The number of anilines is 2. The maximum Gasteiger partial charge on any atom is 0.416 e. The fourth-order valence-corrected chi connectivity index (χ4v) is 4.20. The van der Waals surface area contributed by atoms with Crippen LogP contribution in [0.5, 0.6) is 0 Å². The normalized spacial score (nSPS) is 18.3. The summed E-state index contributed by atoms with van der Waals surface area (Å²) in [6.45, 7) is 0. The van der Waals surface area contributed by atoms with E-state index in [4.69, 9.17) is 0 Å². The second-order valence-electron chi connectivity index (χ2n) is 9.28. The first-order chi connectivity index (χ1) is 19.1. The maximum atomic E-state index is 13.1. The Bertz CT molecular complexity index is 1140. The van der Waals surface area contributed by atoms with Crippen LogP contribution in [0.25, 0.3) is 0 Å². The van der Waals surface area contributed by atoms with Gasteiger partial charge in [0.05, 0.1) is 34.3 Å². The summed E-state index contributed by atoms with van der Waals surface area (Å²) in [5.74, 6) is 0. The van der Waals surface area contributed by atoms with Crippen LogP contribution >= 0.6 is 0 Å². The lowest BCUT2D eigenvalue weighted by Gasteiger charge is -2.32. The number of urea groups is 2. The van der Waals surface area contributed by atoms with Gasteiger partial charge in [-0.1, -0.05) is 12.8 Å². The first-order valence-electron chi connectivity index (χ1n) is 11.9. The highest BCUT2D eigenvalue weighted by atomic mass is 19.4. The lowest BCUT2D eigenvalue weighted by molar-refractivity contribution is -0.144. The molecule has 3 rings (SSSR count). The minimum absolute atomic E-state index is 0.134. The van der Waals surface area contributed by atoms with E-state index < -0.39 is 82.5 Å². The molecule has 0 radical (unpaired) electrons. The molecule has 0 aromatic heterocycles. The van der Waals surface area contributed by atoms with Crippen LogP contribution in [0.3, 0.4) is 0 Å². The van der Waals surface area contributed by atoms with Gasteiger partial charge in [0.1, 0.15) is 0 Å². The predicted molar refractivity (Wildman–Crippen MR) is 123 cm³/mol. The van der Waals surface area contributed by atoms with E-state index in [1.807, 2.05) is 10.6 Å². The highest BCUT2D eigenvalue weighted by Crippen LogP contribution is 2.39. The van der Waals surface area contributed by atoms with Crippen LogP contribution in [0.2, 0.25) is 0 Å². The van der Waals surface area contributed by atoms with Gasteiger partial charge in [-0.05, 0) is 49.2 Å². The smallest absolute Gasteiger partial charge is 0.333 e. The van der Waals surface area contributed by atoms with E-state index in [2.05, 4.69) is 10.6 Å². The van der Waals surface area contributed by atoms with E-state index >= 15 is 0 Å². The molecular weight excluding hydrogens is 604 g/mol. The molecular formula is C24H20F12N4O2. The third-order valence-electron chi connectivity index (χ3n) is 6.09. The monoisotopic (exact) mass is 624 g/mol. The third-order valence-corrected chi connectivity index (χ3v) is 6.09. The van der Waals surface area contributed by atoms with Crippen molar-refractivity contribution in [1.29, 1.82) is 0 Å². The van der Waals surface area contributed by atoms with Crippen molar-refractivity contribution in [2.75, 3.05) is 10.6 Å². The molecule has 2 aromatic rings. The Morgan fingerprint density at radius 2 is 0.762 bits per heavy atom. The third kappa shape index (κ3) is 8.82. The highest BCUT2D eigenvalue weighted by Gasteiger charge is 2.39. The zero-order valence-corrected chi connectivity index (χ0v) is 20.8. The molecule has 4 N–H and O–H groups in total. The maximum absolute atomic E-state index is 13.1. The van der Waals surface area contributed by atoms with E-state index in [9.17, 15) is 62.3 Å². The van der Waals surface area contributed by atoms with Crippen molar-refractivity contribution >= 4 is 23.4 Å². The molecule has 0 heterocycles. The molecule has 1 saturated carbocycles. The zero-order valence-electron chi connectivity index (χ0n) is 20.8. The van der Waals surface area contributed by atoms with E-state index in [0.717, 1.165) is 0 Å². The molecule has 0 bridgehead atoms. The summed E-state index contributed by atoms with van der Waals surface area (Å²) in [4.78, 5) is 24.9. The summed E-state index contributed by atoms with van der Waals surface area (Å²) in [7, 11) is 0. The van der Waals surface area contributed by atoms with Crippen molar-refractivity contribution in [3.63, 3.8) is 0 Å². The Kier molecular flexibility index (Phi) is 9.17. The molecule has 0 aliphatic heterocycles. The molecule has 0 saturated heterocycles. The minimum atomic E-state index is -5.17. The summed E-state index contributed by atoms with van der Waals surface area (Å²) in [5, 5.41) is 8.37. The molecule has 2 unspecified atom stereocenters. The first kappa shape index (κ1) is 32.7. The van der Waals surface area contributed by atoms with Crippen molar-refractivity contribution in [1.82, 2.24) is 10.6 Å². The van der Waals surface area contributed by atoms with Gasteiger partial charge in [0.15, 0.2) is 0 Å². The van der Waals surface area contributed by atoms with Crippen LogP contribution in [0.4, 0.5) is 73.6 Å². The number of hydrogen-bond donors (Lipinski definition) is 4. The van der Waals surface area contributed by atoms with Gasteiger partial charge in [-0.2, -0.15) is 52.7 Å². The van der Waals surface area contributed by atoms with Gasteiger partial charge in [0, 0.05) is 11.4 Å². The summed E-state index contributed by atoms with van der Waals surface area (Å²) < 4.78 is 157. The molecule has 42 heavy (non-hydrogen) atoms. The Morgan fingerprint density at radius 1 is 0.500 bits per heavy atom. The number of amides is 4. The number of halogens is 12. The number of hydrogen-bond acceptors (Lipinski definition) is 2. The van der Waals surface area contributed by atoms with E-state index in [1.165, 1.54) is 0 Å². The molecule has 1 fully saturated rings. The summed E-state index contributed by atoms with van der Waals surface area (Å²) >= 11 is 0. The second kappa shape index (κ2) is 11.8. The average molecular weight is 624 g/mol. The molecule has 2 aromatic carbocycles. The van der Waals surface area contributed by atoms with Crippen LogP contribution in [-0.4, -0.2) is 24.1 Å². The van der Waals surface area contributed by atoms with Gasteiger partial charge in [-0.15, -0.1) is 0 Å². The Labute approximate surface area is 228 Å². The number of alkyl halides is 12. The van der Waals surface area contributed by atoms with Crippen molar-refractivity contribution in [3.05, 3.63) is 58.7 Å². The number of rotatable bonds is 4. The van der Waals surface area contributed by atoms with Gasteiger partial charge >= 0.3 is 36.8 Å². The molecule has 2 atom stereocenters. The first-order valence-corrected chi connectivity index (χ1v) is 11.9. The molecule has 1 aliphatic carbocycles. The number of nitrogens with one attached hydrogen (secondary N) is 4. The minimum Gasteiger partial charge on any atom is -0.333 e. The highest BCUT2D eigenvalue weighted by molar-refractivity contribution is 5.91. The van der Waals surface area contributed by atoms with Crippen LogP contribution in [-0.2, 0) is 24.7 Å². The van der Waals surface area contributed by atoms with Crippen molar-refractivity contribution in [2.45, 2.75) is 62.5 Å². The average Bonchev–Trinajstić information content (AvgIpc) is 2.82. The summed E-state index contributed by atoms with van der Waals surface area (Å²) in [5.41, 5.74) is -8.38. The van der Waals surface area contributed by atoms with E-state index in [0.29, 0.717) is 12.8 Å². The lowest BCUT2D eigenvalue weighted by Crippen LogP contribution is -2.54. The van der Waals surface area contributed by atoms with E-state index in [-0.39, 0.29) is 49.2 Å². The van der Waals surface area contributed by atoms with Crippen LogP contribution in [0.15, 0.2) is 36.4 Å². The fraction of sp³-hybridized carbons (Fsp3) is 0.417. The molecule has 232 valence electrons. The Hall–Kier alpha value is -3.86. The van der Waals surface area contributed by atoms with Crippen LogP contribution in [0.1, 0.15) is 47.9 Å². The van der Waals surface area contributed by atoms with Crippen LogP contribution in [0, 0.1) is 0 Å². The standard InChI is InChI=1S/C24H20F12N4O2/c25-21(26,27)11-5-12(22(28,29)30)8-15(7-11)37-19(41)39-17-3-1-2-4-18(17)40-20(42)38-16-9-13(23(31,32)33)6-14(10-16)24(34,35)36/h5-10,17-18H,1-4H2,(H2,37,39,41)(H2,38,40,42). The van der Waals surface area contributed by atoms with Gasteiger partial charge in [-0.25, -0.2) is 9.59 Å². The predicted octanol–water partition coefficient (Wildman–Crippen LogP) is 8.02.